The maximum Gasteiger partial charge on any atom is 0.346 e. The summed E-state index contributed by atoms with van der Waals surface area (Å²) in [5, 5.41) is 10.8. The van der Waals surface area contributed by atoms with Crippen molar-refractivity contribution in [3.05, 3.63) is 94.8 Å². The first-order chi connectivity index (χ1) is 17.5. The molecule has 1 aliphatic carbocycles. The van der Waals surface area contributed by atoms with Crippen LogP contribution in [0.25, 0.3) is 0 Å². The van der Waals surface area contributed by atoms with Crippen molar-refractivity contribution in [1.82, 2.24) is 0 Å². The third-order valence-corrected chi connectivity index (χ3v) is 6.96. The Labute approximate surface area is 219 Å². The predicted molar refractivity (Wildman–Crippen MR) is 135 cm³/mol. The molecular weight excluding hydrogens is 502 g/mol. The first-order valence-corrected chi connectivity index (χ1v) is 12.3. The van der Waals surface area contributed by atoms with E-state index >= 15 is 4.39 Å². The molecule has 37 heavy (non-hydrogen) atoms. The van der Waals surface area contributed by atoms with Crippen LogP contribution in [-0.2, 0) is 20.7 Å². The van der Waals surface area contributed by atoms with E-state index in [2.05, 4.69) is 0 Å². The van der Waals surface area contributed by atoms with Gasteiger partial charge < -0.3 is 14.6 Å². The lowest BCUT2D eigenvalue weighted by molar-refractivity contribution is -0.194. The van der Waals surface area contributed by atoms with Crippen molar-refractivity contribution in [2.75, 3.05) is 0 Å². The molecule has 1 fully saturated rings. The summed E-state index contributed by atoms with van der Waals surface area (Å²) in [6.45, 7) is 2.37. The number of alkyl halides is 1. The number of carboxylic acid groups (broad SMARTS) is 1. The van der Waals surface area contributed by atoms with Crippen LogP contribution in [0, 0.1) is 11.7 Å². The Morgan fingerprint density at radius 2 is 1.73 bits per heavy atom. The molecule has 0 aliphatic heterocycles. The minimum atomic E-state index is -3.01. The predicted octanol–water partition coefficient (Wildman–Crippen LogP) is 7.12. The fraction of sp³-hybridized carbons (Fsp3) is 0.310. The third kappa shape index (κ3) is 5.62. The van der Waals surface area contributed by atoms with Crippen LogP contribution in [0.3, 0.4) is 0 Å². The molecule has 8 heteroatoms. The molecule has 0 spiro atoms. The standard InChI is InChI=1S/C29H27ClF2O5/c1-18(33)37-28(2,17-19-8-15-24(31)25(16-19)36-23-6-4-3-5-7-23)29(32,27(34)35)26(20-9-10-20)21-11-13-22(30)14-12-21/h3-8,11-16,20,26H,9-10,17H2,1-2H3,(H,34,35)/t26-,28-,29+/m1/s1. The van der Waals surface area contributed by atoms with Gasteiger partial charge in [-0.3, -0.25) is 4.79 Å². The molecule has 3 aromatic rings. The summed E-state index contributed by atoms with van der Waals surface area (Å²) in [5.74, 6) is -4.32. The van der Waals surface area contributed by atoms with Gasteiger partial charge in [0.1, 0.15) is 5.75 Å². The van der Waals surface area contributed by atoms with Gasteiger partial charge in [0.15, 0.2) is 17.2 Å². The molecule has 0 aromatic heterocycles. The zero-order valence-corrected chi connectivity index (χ0v) is 21.2. The molecule has 0 amide bonds. The number of halogens is 3. The number of benzene rings is 3. The highest BCUT2D eigenvalue weighted by atomic mass is 35.5. The molecule has 5 nitrogen and oxygen atoms in total. The molecule has 0 bridgehead atoms. The highest BCUT2D eigenvalue weighted by Crippen LogP contribution is 2.55. The molecule has 3 atom stereocenters. The van der Waals surface area contributed by atoms with E-state index < -0.39 is 34.9 Å². The second kappa shape index (κ2) is 10.5. The van der Waals surface area contributed by atoms with Crippen LogP contribution >= 0.6 is 11.6 Å². The number of para-hydroxylation sites is 1. The lowest BCUT2D eigenvalue weighted by atomic mass is 9.68. The maximum atomic E-state index is 17.3. The third-order valence-electron chi connectivity index (χ3n) is 6.71. The zero-order valence-electron chi connectivity index (χ0n) is 20.4. The van der Waals surface area contributed by atoms with Gasteiger partial charge in [0.05, 0.1) is 0 Å². The van der Waals surface area contributed by atoms with Crippen LogP contribution in [-0.4, -0.2) is 28.3 Å². The van der Waals surface area contributed by atoms with E-state index in [1.807, 2.05) is 0 Å². The fourth-order valence-electron chi connectivity index (χ4n) is 4.91. The number of ether oxygens (including phenoxy) is 2. The normalized spacial score (nSPS) is 17.2. The highest BCUT2D eigenvalue weighted by molar-refractivity contribution is 6.30. The molecule has 4 rings (SSSR count). The topological polar surface area (TPSA) is 72.8 Å². The van der Waals surface area contributed by atoms with E-state index in [1.54, 1.807) is 54.6 Å². The summed E-state index contributed by atoms with van der Waals surface area (Å²) in [5.41, 5.74) is -4.37. The summed E-state index contributed by atoms with van der Waals surface area (Å²) >= 11 is 6.02. The first-order valence-electron chi connectivity index (χ1n) is 11.9. The second-order valence-electron chi connectivity index (χ2n) is 9.56. The van der Waals surface area contributed by atoms with Gasteiger partial charge in [-0.15, -0.1) is 0 Å². The van der Waals surface area contributed by atoms with Gasteiger partial charge >= 0.3 is 11.9 Å². The van der Waals surface area contributed by atoms with Crippen molar-refractivity contribution >= 4 is 23.5 Å². The largest absolute Gasteiger partial charge is 0.479 e. The monoisotopic (exact) mass is 528 g/mol. The second-order valence-corrected chi connectivity index (χ2v) is 10.0. The average molecular weight is 529 g/mol. The number of aliphatic carboxylic acids is 1. The fourth-order valence-corrected chi connectivity index (χ4v) is 5.04. The Kier molecular flexibility index (Phi) is 7.55. The molecule has 0 unspecified atom stereocenters. The Morgan fingerprint density at radius 3 is 2.30 bits per heavy atom. The molecule has 194 valence electrons. The van der Waals surface area contributed by atoms with Crippen LogP contribution in [0.4, 0.5) is 8.78 Å². The molecule has 0 heterocycles. The summed E-state index contributed by atoms with van der Waals surface area (Å²) in [7, 11) is 0. The summed E-state index contributed by atoms with van der Waals surface area (Å²) in [4.78, 5) is 24.9. The molecule has 0 saturated heterocycles. The molecular formula is C29H27ClF2O5. The number of carbonyl (C=O) groups excluding carboxylic acids is 1. The van der Waals surface area contributed by atoms with Crippen LogP contribution < -0.4 is 4.74 Å². The van der Waals surface area contributed by atoms with Crippen molar-refractivity contribution in [1.29, 1.82) is 0 Å². The molecule has 1 N–H and O–H groups in total. The van der Waals surface area contributed by atoms with E-state index in [0.29, 0.717) is 34.7 Å². The van der Waals surface area contributed by atoms with Gasteiger partial charge in [-0.25, -0.2) is 13.6 Å². The van der Waals surface area contributed by atoms with E-state index in [-0.39, 0.29) is 18.1 Å². The van der Waals surface area contributed by atoms with Crippen LogP contribution in [0.15, 0.2) is 72.8 Å². The lowest BCUT2D eigenvalue weighted by Crippen LogP contribution is -2.61. The number of carbonyl (C=O) groups is 2. The Hall–Kier alpha value is -3.45. The minimum absolute atomic E-state index is 0.120. The van der Waals surface area contributed by atoms with E-state index in [9.17, 15) is 19.1 Å². The number of carboxylic acids is 1. The molecule has 0 radical (unpaired) electrons. The van der Waals surface area contributed by atoms with Gasteiger partial charge in [0.25, 0.3) is 5.67 Å². The van der Waals surface area contributed by atoms with Crippen LogP contribution in [0.5, 0.6) is 11.5 Å². The van der Waals surface area contributed by atoms with Crippen LogP contribution in [0.2, 0.25) is 5.02 Å². The Bertz CT molecular complexity index is 1280. The van der Waals surface area contributed by atoms with Gasteiger partial charge in [-0.2, -0.15) is 0 Å². The van der Waals surface area contributed by atoms with Crippen molar-refractivity contribution in [3.63, 3.8) is 0 Å². The minimum Gasteiger partial charge on any atom is -0.479 e. The zero-order chi connectivity index (χ0) is 26.8. The smallest absolute Gasteiger partial charge is 0.346 e. The van der Waals surface area contributed by atoms with Gasteiger partial charge in [0, 0.05) is 24.3 Å². The summed E-state index contributed by atoms with van der Waals surface area (Å²) in [6, 6.07) is 18.8. The molecule has 1 saturated carbocycles. The summed E-state index contributed by atoms with van der Waals surface area (Å²) in [6.07, 6.45) is 0.930. The number of hydrogen-bond acceptors (Lipinski definition) is 4. The average Bonchev–Trinajstić information content (AvgIpc) is 3.67. The van der Waals surface area contributed by atoms with Crippen molar-refractivity contribution < 1.29 is 33.0 Å². The van der Waals surface area contributed by atoms with Gasteiger partial charge in [-0.1, -0.05) is 48.0 Å². The number of esters is 1. The van der Waals surface area contributed by atoms with E-state index in [0.717, 1.165) is 13.0 Å². The quantitative estimate of drug-likeness (QED) is 0.283. The van der Waals surface area contributed by atoms with Crippen molar-refractivity contribution in [2.24, 2.45) is 5.92 Å². The maximum absolute atomic E-state index is 17.3. The Morgan fingerprint density at radius 1 is 1.08 bits per heavy atom. The van der Waals surface area contributed by atoms with E-state index in [4.69, 9.17) is 21.1 Å². The molecule has 3 aromatic carbocycles. The van der Waals surface area contributed by atoms with Crippen molar-refractivity contribution in [2.45, 2.75) is 50.3 Å². The SMILES string of the molecule is CC(=O)O[C@](C)(Cc1ccc(F)c(Oc2ccccc2)c1)[C@@](F)(C(=O)O)[C@@H](c1ccc(Cl)cc1)C1CC1. The molecule has 1 aliphatic rings. The van der Waals surface area contributed by atoms with Crippen molar-refractivity contribution in [3.8, 4) is 11.5 Å². The van der Waals surface area contributed by atoms with E-state index in [1.165, 1.54) is 19.1 Å². The number of hydrogen-bond donors (Lipinski definition) is 1. The Balaban J connectivity index is 1.77. The van der Waals surface area contributed by atoms with Gasteiger partial charge in [0.2, 0.25) is 0 Å². The highest BCUT2D eigenvalue weighted by Gasteiger charge is 2.65. The summed E-state index contributed by atoms with van der Waals surface area (Å²) < 4.78 is 43.0. The van der Waals surface area contributed by atoms with Gasteiger partial charge in [-0.05, 0) is 73.2 Å². The number of rotatable bonds is 10. The van der Waals surface area contributed by atoms with Crippen LogP contribution in [0.1, 0.15) is 43.7 Å². The first kappa shape index (κ1) is 26.6. The lowest BCUT2D eigenvalue weighted by Gasteiger charge is -2.44.